The molecule has 7 heterocycles. The number of thiophene rings is 1. The lowest BCUT2D eigenvalue weighted by Crippen LogP contribution is -2.58. The van der Waals surface area contributed by atoms with Gasteiger partial charge in [0, 0.05) is 61.9 Å². The first-order valence-electron chi connectivity index (χ1n) is 19.0. The van der Waals surface area contributed by atoms with E-state index in [1.54, 1.807) is 0 Å². The van der Waals surface area contributed by atoms with Crippen LogP contribution >= 0.6 is 34.9 Å². The molecule has 0 spiro atoms. The summed E-state index contributed by atoms with van der Waals surface area (Å²) in [6.45, 7) is 0.366. The van der Waals surface area contributed by atoms with Crippen molar-refractivity contribution in [2.45, 2.75) is 19.6 Å². The highest BCUT2D eigenvalue weighted by Gasteiger charge is 2.42. The van der Waals surface area contributed by atoms with E-state index in [9.17, 15) is 0 Å². The highest BCUT2D eigenvalue weighted by molar-refractivity contribution is 8.00. The van der Waals surface area contributed by atoms with Crippen molar-refractivity contribution in [3.63, 3.8) is 0 Å². The summed E-state index contributed by atoms with van der Waals surface area (Å²) < 4.78 is 7.83. The largest absolute Gasteiger partial charge is 0.310 e. The van der Waals surface area contributed by atoms with Gasteiger partial charge in [-0.3, -0.25) is 0 Å². The van der Waals surface area contributed by atoms with Crippen LogP contribution in [-0.2, 0) is 0 Å². The number of hydrogen-bond acceptors (Lipinski definition) is 3. The van der Waals surface area contributed by atoms with Crippen LogP contribution in [0.3, 0.4) is 0 Å². The van der Waals surface area contributed by atoms with Gasteiger partial charge in [0.05, 0.1) is 22.1 Å². The van der Waals surface area contributed by atoms with Gasteiger partial charge in [0.2, 0.25) is 13.4 Å². The molecule has 3 aromatic heterocycles. The molecule has 4 aliphatic heterocycles. The molecule has 7 heteroatoms. The summed E-state index contributed by atoms with van der Waals surface area (Å²) in [6, 6.07) is 55.9. The zero-order valence-corrected chi connectivity index (χ0v) is 31.6. The molecule has 15 rings (SSSR count). The lowest BCUT2D eigenvalue weighted by Gasteiger charge is -2.33. The third kappa shape index (κ3) is 3.35. The first-order valence-corrected chi connectivity index (χ1v) is 21.4. The minimum atomic E-state index is 0.183. The number of hydrogen-bond donors (Lipinski definition) is 0. The molecule has 0 aliphatic carbocycles. The zero-order chi connectivity index (χ0) is 35.3. The van der Waals surface area contributed by atoms with Gasteiger partial charge in [-0.25, -0.2) is 0 Å². The Bertz CT molecular complexity index is 3410. The molecule has 0 saturated carbocycles. The lowest BCUT2D eigenvalue weighted by molar-refractivity contribution is 1.18. The number of aromatic nitrogens is 2. The molecule has 0 bridgehead atoms. The van der Waals surface area contributed by atoms with Crippen molar-refractivity contribution in [2.75, 3.05) is 0 Å². The molecular weight excluding hydrogens is 722 g/mol. The number of benzene rings is 8. The van der Waals surface area contributed by atoms with E-state index in [1.165, 1.54) is 128 Å². The summed E-state index contributed by atoms with van der Waals surface area (Å²) in [4.78, 5) is 5.54. The number of rotatable bonds is 0. The van der Waals surface area contributed by atoms with Crippen molar-refractivity contribution in [1.82, 2.24) is 9.13 Å². The van der Waals surface area contributed by atoms with Gasteiger partial charge < -0.3 is 9.13 Å². The van der Waals surface area contributed by atoms with Gasteiger partial charge in [-0.1, -0.05) is 132 Å². The van der Waals surface area contributed by atoms with E-state index < -0.39 is 0 Å². The average Bonchev–Trinajstić information content (AvgIpc) is 3.88. The lowest BCUT2D eigenvalue weighted by atomic mass is 9.35. The molecule has 4 aliphatic rings. The molecule has 55 heavy (non-hydrogen) atoms. The standard InChI is InChI=1S/C48H24B2N2S3/c1-5-13-35-25(9-1)27-17-19-39-45-47(27)51(35)37-15-7-3-11-31(37)49(45)33-21-29-30-22-34-44(24-42(30)55-41(29)23-43(33)53-39)54-40-20-18-28-26-10-2-6-14-36(26)52-38-16-8-4-12-32(38)50(34)46(40)48(28)52/h1-24H. The quantitative estimate of drug-likeness (QED) is 0.144. The van der Waals surface area contributed by atoms with Crippen molar-refractivity contribution in [1.29, 1.82) is 0 Å². The van der Waals surface area contributed by atoms with E-state index >= 15 is 0 Å². The van der Waals surface area contributed by atoms with Crippen LogP contribution in [0.4, 0.5) is 0 Å². The minimum Gasteiger partial charge on any atom is -0.310 e. The second-order valence-electron chi connectivity index (χ2n) is 15.5. The maximum Gasteiger partial charge on any atom is 0.249 e. The monoisotopic (exact) mass is 746 g/mol. The van der Waals surface area contributed by atoms with Crippen molar-refractivity contribution >= 4 is 145 Å². The summed E-state index contributed by atoms with van der Waals surface area (Å²) in [5, 5.41) is 8.13. The van der Waals surface area contributed by atoms with E-state index in [4.69, 9.17) is 0 Å². The predicted molar refractivity (Wildman–Crippen MR) is 238 cm³/mol. The maximum absolute atomic E-state index is 2.58. The molecule has 0 unspecified atom stereocenters. The van der Waals surface area contributed by atoms with Crippen molar-refractivity contribution in [2.24, 2.45) is 0 Å². The molecule has 0 atom stereocenters. The minimum absolute atomic E-state index is 0.183. The van der Waals surface area contributed by atoms with Crippen LogP contribution in [0.25, 0.3) is 75.2 Å². The molecule has 0 N–H and O–H groups in total. The molecule has 8 aromatic carbocycles. The molecule has 0 radical (unpaired) electrons. The van der Waals surface area contributed by atoms with Gasteiger partial charge >= 0.3 is 0 Å². The molecule has 11 aromatic rings. The number of para-hydroxylation sites is 4. The fourth-order valence-corrected chi connectivity index (χ4v) is 14.6. The van der Waals surface area contributed by atoms with Crippen LogP contribution in [0.15, 0.2) is 165 Å². The number of fused-ring (bicyclic) bond motifs is 19. The van der Waals surface area contributed by atoms with Crippen molar-refractivity contribution < 1.29 is 0 Å². The second-order valence-corrected chi connectivity index (χ2v) is 18.8. The Balaban J connectivity index is 1.00. The summed E-state index contributed by atoms with van der Waals surface area (Å²) in [5.74, 6) is 0. The second kappa shape index (κ2) is 9.79. The number of nitrogens with zero attached hydrogens (tertiary/aromatic N) is 2. The van der Waals surface area contributed by atoms with Gasteiger partial charge in [0.1, 0.15) is 0 Å². The van der Waals surface area contributed by atoms with Gasteiger partial charge in [-0.05, 0) is 81.2 Å². The zero-order valence-electron chi connectivity index (χ0n) is 29.1. The Hall–Kier alpha value is -5.59. The van der Waals surface area contributed by atoms with Crippen LogP contribution < -0.4 is 32.8 Å². The van der Waals surface area contributed by atoms with Crippen LogP contribution in [0.5, 0.6) is 0 Å². The normalized spacial score (nSPS) is 14.3. The van der Waals surface area contributed by atoms with Crippen LogP contribution in [-0.4, -0.2) is 22.6 Å². The van der Waals surface area contributed by atoms with E-state index in [-0.39, 0.29) is 13.4 Å². The molecule has 2 nitrogen and oxygen atoms in total. The Labute approximate surface area is 328 Å². The topological polar surface area (TPSA) is 9.86 Å². The fraction of sp³-hybridized carbons (Fsp3) is 0. The Morgan fingerprint density at radius 1 is 0.364 bits per heavy atom. The average molecular weight is 747 g/mol. The summed E-state index contributed by atoms with van der Waals surface area (Å²) >= 11 is 5.88. The summed E-state index contributed by atoms with van der Waals surface area (Å²) in [5.41, 5.74) is 16.5. The van der Waals surface area contributed by atoms with Crippen molar-refractivity contribution in [3.05, 3.63) is 146 Å². The van der Waals surface area contributed by atoms with E-state index in [0.717, 1.165) is 0 Å². The summed E-state index contributed by atoms with van der Waals surface area (Å²) in [7, 11) is 0. The first-order chi connectivity index (χ1) is 27.3. The molecule has 0 amide bonds. The van der Waals surface area contributed by atoms with Gasteiger partial charge in [-0.2, -0.15) is 0 Å². The van der Waals surface area contributed by atoms with Crippen molar-refractivity contribution in [3.8, 4) is 11.4 Å². The van der Waals surface area contributed by atoms with Crippen LogP contribution in [0.1, 0.15) is 0 Å². The third-order valence-electron chi connectivity index (χ3n) is 13.0. The molecule has 0 saturated heterocycles. The van der Waals surface area contributed by atoms with E-state index in [1.807, 2.05) is 34.9 Å². The highest BCUT2D eigenvalue weighted by Crippen LogP contribution is 2.45. The van der Waals surface area contributed by atoms with E-state index in [2.05, 4.69) is 155 Å². The first kappa shape index (κ1) is 28.8. The molecule has 0 fully saturated rings. The maximum atomic E-state index is 2.58. The predicted octanol–water partition coefficient (Wildman–Crippen LogP) is 8.84. The van der Waals surface area contributed by atoms with Gasteiger partial charge in [-0.15, -0.1) is 11.3 Å². The third-order valence-corrected chi connectivity index (χ3v) is 16.4. The van der Waals surface area contributed by atoms with Gasteiger partial charge in [0.25, 0.3) is 0 Å². The Kier molecular flexibility index (Phi) is 5.13. The van der Waals surface area contributed by atoms with Crippen LogP contribution in [0.2, 0.25) is 0 Å². The highest BCUT2D eigenvalue weighted by atomic mass is 32.2. The van der Waals surface area contributed by atoms with Crippen LogP contribution in [0, 0.1) is 0 Å². The Morgan fingerprint density at radius 2 is 0.818 bits per heavy atom. The molecule has 250 valence electrons. The summed E-state index contributed by atoms with van der Waals surface area (Å²) in [6.07, 6.45) is 0. The fourth-order valence-electron chi connectivity index (χ4n) is 10.9. The van der Waals surface area contributed by atoms with Gasteiger partial charge in [0.15, 0.2) is 0 Å². The Morgan fingerprint density at radius 3 is 1.33 bits per heavy atom. The SMILES string of the molecule is c1ccc2c(c1)B1c3cc4c(cc3Sc3ccc5c6ccccc6n-2c5c31)sc1cc2c(cc14)B1c3ccccc3-n3c4ccccc4c4ccc(c1c43)S2. The smallest absolute Gasteiger partial charge is 0.249 e. The molecular formula is C48H24B2N2S3. The van der Waals surface area contributed by atoms with E-state index in [0.29, 0.717) is 0 Å².